The van der Waals surface area contributed by atoms with Gasteiger partial charge in [-0.3, -0.25) is 4.57 Å². The first kappa shape index (κ1) is 28.8. The average Bonchev–Trinajstić information content (AvgIpc) is 2.59. The highest BCUT2D eigenvalue weighted by molar-refractivity contribution is 7.53. The second-order valence-corrected chi connectivity index (χ2v) is 11.6. The summed E-state index contributed by atoms with van der Waals surface area (Å²) >= 11 is 0. The topological polar surface area (TPSA) is 77.8 Å². The van der Waals surface area contributed by atoms with Crippen molar-refractivity contribution in [1.82, 2.24) is 0 Å². The number of quaternary nitrogens is 1. The van der Waals surface area contributed by atoms with Crippen molar-refractivity contribution in [3.05, 3.63) is 12.2 Å². The largest absolute Gasteiger partial charge is 0.373 e. The van der Waals surface area contributed by atoms with Gasteiger partial charge in [-0.05, 0) is 38.5 Å². The van der Waals surface area contributed by atoms with Crippen LogP contribution in [0.25, 0.3) is 0 Å². The Kier molecular flexibility index (Phi) is 15.5. The van der Waals surface area contributed by atoms with E-state index in [-0.39, 0.29) is 13.0 Å². The Balaban J connectivity index is 3.72. The monoisotopic (exact) mass is 434 g/mol. The molecule has 0 rings (SSSR count). The molecule has 0 radical (unpaired) electrons. The normalized spacial score (nSPS) is 15.1. The average molecular weight is 435 g/mol. The lowest BCUT2D eigenvalue weighted by Crippen LogP contribution is -2.49. The van der Waals surface area contributed by atoms with Gasteiger partial charge in [0.05, 0.1) is 21.1 Å². The molecule has 6 heteroatoms. The van der Waals surface area contributed by atoms with Gasteiger partial charge in [-0.2, -0.15) is 0 Å². The standard InChI is InChI=1S/C23H48NO4P/c1-5-6-7-8-9-10-11-12-13-14-15-16-17-18-19-20-21-23(25,29(26,27)28)22-24(2,3)4/h13-14,25H,5-12,15-22H2,1-4H3,(H-,26,27,28)/p+1/b14-13-. The number of aliphatic hydroxyl groups is 1. The summed E-state index contributed by atoms with van der Waals surface area (Å²) in [4.78, 5) is 19.1. The Morgan fingerprint density at radius 2 is 1.17 bits per heavy atom. The van der Waals surface area contributed by atoms with E-state index in [9.17, 15) is 19.5 Å². The van der Waals surface area contributed by atoms with Crippen molar-refractivity contribution >= 4 is 7.60 Å². The summed E-state index contributed by atoms with van der Waals surface area (Å²) in [6, 6.07) is 0. The lowest BCUT2D eigenvalue weighted by Gasteiger charge is -2.35. The maximum Gasteiger partial charge on any atom is 0.362 e. The number of hydrogen-bond donors (Lipinski definition) is 3. The third kappa shape index (κ3) is 16.2. The van der Waals surface area contributed by atoms with Gasteiger partial charge in [-0.15, -0.1) is 0 Å². The van der Waals surface area contributed by atoms with Crippen LogP contribution in [0.2, 0.25) is 0 Å². The first-order valence-electron chi connectivity index (χ1n) is 11.8. The predicted molar refractivity (Wildman–Crippen MR) is 124 cm³/mol. The van der Waals surface area contributed by atoms with Gasteiger partial charge in [-0.1, -0.05) is 76.9 Å². The molecule has 0 spiro atoms. The second-order valence-electron chi connectivity index (χ2n) is 9.66. The smallest absolute Gasteiger partial charge is 0.362 e. The van der Waals surface area contributed by atoms with E-state index in [1.54, 1.807) is 0 Å². The molecule has 0 fully saturated rings. The van der Waals surface area contributed by atoms with E-state index in [1.165, 1.54) is 51.4 Å². The van der Waals surface area contributed by atoms with Gasteiger partial charge >= 0.3 is 7.60 Å². The minimum absolute atomic E-state index is 0.0564. The summed E-state index contributed by atoms with van der Waals surface area (Å²) in [5.41, 5.74) is 0. The maximum absolute atomic E-state index is 11.7. The van der Waals surface area contributed by atoms with Crippen molar-refractivity contribution < 1.29 is 23.9 Å². The zero-order valence-electron chi connectivity index (χ0n) is 19.6. The van der Waals surface area contributed by atoms with Crippen LogP contribution in [0.15, 0.2) is 12.2 Å². The van der Waals surface area contributed by atoms with Crippen molar-refractivity contribution in [1.29, 1.82) is 0 Å². The van der Waals surface area contributed by atoms with Crippen LogP contribution in [-0.4, -0.2) is 52.4 Å². The molecule has 29 heavy (non-hydrogen) atoms. The van der Waals surface area contributed by atoms with Crippen LogP contribution in [0.4, 0.5) is 0 Å². The number of allylic oxidation sites excluding steroid dienone is 2. The molecule has 0 amide bonds. The number of unbranched alkanes of at least 4 members (excludes halogenated alkanes) is 12. The van der Waals surface area contributed by atoms with Crippen LogP contribution < -0.4 is 0 Å². The van der Waals surface area contributed by atoms with Gasteiger partial charge in [0.25, 0.3) is 0 Å². The summed E-state index contributed by atoms with van der Waals surface area (Å²) in [5, 5.41) is 8.60. The summed E-state index contributed by atoms with van der Waals surface area (Å²) in [7, 11) is 0.962. The van der Waals surface area contributed by atoms with Gasteiger partial charge in [0.2, 0.25) is 5.34 Å². The molecule has 174 valence electrons. The molecule has 0 aliphatic rings. The third-order valence-electron chi connectivity index (χ3n) is 5.36. The van der Waals surface area contributed by atoms with Crippen LogP contribution >= 0.6 is 7.60 Å². The van der Waals surface area contributed by atoms with Gasteiger partial charge in [0, 0.05) is 0 Å². The lowest BCUT2D eigenvalue weighted by molar-refractivity contribution is -0.875. The van der Waals surface area contributed by atoms with E-state index >= 15 is 0 Å². The molecule has 0 aromatic rings. The SMILES string of the molecule is CCCCCCCCC/C=C\CCCCCCCC(O)(C[N+](C)(C)C)P(=O)(O)O. The summed E-state index contributed by atoms with van der Waals surface area (Å²) < 4.78 is 12.1. The number of nitrogens with zero attached hydrogens (tertiary/aromatic N) is 1. The Hall–Kier alpha value is -0.190. The molecule has 0 aromatic carbocycles. The van der Waals surface area contributed by atoms with Crippen LogP contribution in [0.3, 0.4) is 0 Å². The molecule has 5 nitrogen and oxygen atoms in total. The highest BCUT2D eigenvalue weighted by atomic mass is 31.2. The van der Waals surface area contributed by atoms with Gasteiger partial charge in [0.15, 0.2) is 0 Å². The first-order chi connectivity index (χ1) is 13.5. The Morgan fingerprint density at radius 1 is 0.759 bits per heavy atom. The predicted octanol–water partition coefficient (Wildman–Crippen LogP) is 5.99. The molecule has 0 saturated carbocycles. The fourth-order valence-corrected chi connectivity index (χ4v) is 4.79. The van der Waals surface area contributed by atoms with Crippen LogP contribution in [0.1, 0.15) is 103 Å². The minimum Gasteiger partial charge on any atom is -0.373 e. The van der Waals surface area contributed by atoms with E-state index in [2.05, 4.69) is 19.1 Å². The molecule has 1 unspecified atom stereocenters. The van der Waals surface area contributed by atoms with E-state index in [4.69, 9.17) is 0 Å². The van der Waals surface area contributed by atoms with Crippen molar-refractivity contribution in [3.63, 3.8) is 0 Å². The Bertz CT molecular complexity index is 470. The number of hydrogen-bond acceptors (Lipinski definition) is 2. The highest BCUT2D eigenvalue weighted by Gasteiger charge is 2.48. The molecular weight excluding hydrogens is 385 g/mol. The van der Waals surface area contributed by atoms with Crippen molar-refractivity contribution in [2.75, 3.05) is 27.7 Å². The Labute approximate surface area is 180 Å². The Morgan fingerprint density at radius 3 is 1.59 bits per heavy atom. The van der Waals surface area contributed by atoms with Crippen molar-refractivity contribution in [3.8, 4) is 0 Å². The van der Waals surface area contributed by atoms with Crippen LogP contribution in [0, 0.1) is 0 Å². The third-order valence-corrected chi connectivity index (χ3v) is 6.81. The molecule has 0 bridgehead atoms. The lowest BCUT2D eigenvalue weighted by atomic mass is 10.1. The van der Waals surface area contributed by atoms with E-state index in [0.717, 1.165) is 32.1 Å². The molecule has 0 saturated heterocycles. The van der Waals surface area contributed by atoms with Gasteiger partial charge in [0.1, 0.15) is 6.54 Å². The number of rotatable bonds is 19. The molecule has 0 aliphatic carbocycles. The van der Waals surface area contributed by atoms with Gasteiger partial charge in [-0.25, -0.2) is 0 Å². The molecule has 3 N–H and O–H groups in total. The highest BCUT2D eigenvalue weighted by Crippen LogP contribution is 2.52. The van der Waals surface area contributed by atoms with Crippen LogP contribution in [0.5, 0.6) is 0 Å². The fourth-order valence-electron chi connectivity index (χ4n) is 3.73. The summed E-state index contributed by atoms with van der Waals surface area (Å²) in [5.74, 6) is 0. The minimum atomic E-state index is -4.54. The molecule has 0 heterocycles. The van der Waals surface area contributed by atoms with Crippen molar-refractivity contribution in [2.24, 2.45) is 0 Å². The molecule has 0 aliphatic heterocycles. The molecular formula is C23H49NO4P+. The maximum atomic E-state index is 11.7. The van der Waals surface area contributed by atoms with E-state index in [1.807, 2.05) is 21.1 Å². The second kappa shape index (κ2) is 15.6. The molecule has 1 atom stereocenters. The number of likely N-dealkylation sites (N-methyl/N-ethyl adjacent to an activating group) is 1. The van der Waals surface area contributed by atoms with Crippen molar-refractivity contribution in [2.45, 2.75) is 109 Å². The van der Waals surface area contributed by atoms with Gasteiger partial charge < -0.3 is 19.4 Å². The van der Waals surface area contributed by atoms with Crippen LogP contribution in [-0.2, 0) is 4.57 Å². The van der Waals surface area contributed by atoms with E-state index < -0.39 is 12.9 Å². The summed E-state index contributed by atoms with van der Waals surface area (Å²) in [6.07, 6.45) is 21.5. The zero-order valence-corrected chi connectivity index (χ0v) is 20.5. The zero-order chi connectivity index (χ0) is 22.2. The first-order valence-corrected chi connectivity index (χ1v) is 13.4. The van der Waals surface area contributed by atoms with E-state index in [0.29, 0.717) is 10.9 Å². The fraction of sp³-hybridized carbons (Fsp3) is 0.913. The quantitative estimate of drug-likeness (QED) is 0.101. The molecule has 0 aromatic heterocycles. The summed E-state index contributed by atoms with van der Waals surface area (Å²) in [6.45, 7) is 2.31.